The predicted octanol–water partition coefficient (Wildman–Crippen LogP) is 2.72. The minimum atomic E-state index is -0.483. The van der Waals surface area contributed by atoms with Crippen LogP contribution in [0.25, 0.3) is 6.08 Å². The highest BCUT2D eigenvalue weighted by molar-refractivity contribution is 7.17. The fourth-order valence-electron chi connectivity index (χ4n) is 1.77. The molecule has 2 rings (SSSR count). The summed E-state index contributed by atoms with van der Waals surface area (Å²) < 4.78 is 0. The molecule has 2 N–H and O–H groups in total. The van der Waals surface area contributed by atoms with Crippen LogP contribution in [0, 0.1) is 17.0 Å². The van der Waals surface area contributed by atoms with Crippen LogP contribution in [0.5, 0.6) is 0 Å². The topological polar surface area (TPSA) is 114 Å². The van der Waals surface area contributed by atoms with Crippen molar-refractivity contribution in [2.75, 3.05) is 5.43 Å². The Bertz CT molecular complexity index is 811. The number of benzene rings is 1. The molecular weight excluding hydrogens is 332 g/mol. The smallest absolute Gasteiger partial charge is 0.269 e. The molecule has 0 saturated carbocycles. The maximum Gasteiger partial charge on any atom is 0.269 e. The summed E-state index contributed by atoms with van der Waals surface area (Å²) in [6, 6.07) is 5.87. The first-order valence-corrected chi connectivity index (χ1v) is 7.65. The number of rotatable bonds is 6. The highest BCUT2D eigenvalue weighted by Crippen LogP contribution is 2.23. The number of non-ortho nitro benzene ring substituents is 1. The average molecular weight is 346 g/mol. The Kier molecular flexibility index (Phi) is 5.38. The standard InChI is InChI=1S/C15H14N4O4S/c1-9-14(24-15(16-9)18-17-10(2)20)13(21)8-5-11-3-6-12(7-4-11)19(22)23/h3-8H,1-2H3,(H,16,18)(H,17,20). The van der Waals surface area contributed by atoms with E-state index in [1.807, 2.05) is 0 Å². The SMILES string of the molecule is CC(=O)NNc1nc(C)c(C(=O)C=Cc2ccc([N+](=O)[O-])cc2)s1. The highest BCUT2D eigenvalue weighted by atomic mass is 32.1. The molecule has 2 aromatic rings. The Morgan fingerprint density at radius 2 is 1.96 bits per heavy atom. The molecule has 0 saturated heterocycles. The molecule has 0 unspecified atom stereocenters. The van der Waals surface area contributed by atoms with Crippen LogP contribution in [-0.2, 0) is 4.79 Å². The van der Waals surface area contributed by atoms with Crippen LogP contribution in [0.3, 0.4) is 0 Å². The second kappa shape index (κ2) is 7.47. The molecule has 1 amide bonds. The second-order valence-electron chi connectivity index (χ2n) is 4.79. The van der Waals surface area contributed by atoms with Crippen LogP contribution in [-0.4, -0.2) is 21.6 Å². The number of ketones is 1. The van der Waals surface area contributed by atoms with Crippen LogP contribution >= 0.6 is 11.3 Å². The number of carbonyl (C=O) groups is 2. The van der Waals surface area contributed by atoms with Crippen molar-refractivity contribution < 1.29 is 14.5 Å². The molecule has 0 aliphatic heterocycles. The van der Waals surface area contributed by atoms with Gasteiger partial charge in [0.2, 0.25) is 11.0 Å². The van der Waals surface area contributed by atoms with Crippen LogP contribution in [0.2, 0.25) is 0 Å². The van der Waals surface area contributed by atoms with E-state index in [1.54, 1.807) is 25.1 Å². The van der Waals surface area contributed by atoms with Crippen LogP contribution in [0.15, 0.2) is 30.3 Å². The van der Waals surface area contributed by atoms with E-state index in [1.165, 1.54) is 25.1 Å². The molecule has 0 aliphatic rings. The summed E-state index contributed by atoms with van der Waals surface area (Å²) >= 11 is 1.12. The summed E-state index contributed by atoms with van der Waals surface area (Å²) in [5, 5.41) is 11.0. The number of aromatic nitrogens is 1. The van der Waals surface area contributed by atoms with E-state index in [-0.39, 0.29) is 17.4 Å². The van der Waals surface area contributed by atoms with Crippen molar-refractivity contribution in [1.82, 2.24) is 10.4 Å². The molecule has 0 bridgehead atoms. The first-order chi connectivity index (χ1) is 11.4. The van der Waals surface area contributed by atoms with Gasteiger partial charge in [0.25, 0.3) is 5.69 Å². The lowest BCUT2D eigenvalue weighted by molar-refractivity contribution is -0.384. The minimum Gasteiger partial charge on any atom is -0.288 e. The van der Waals surface area contributed by atoms with Gasteiger partial charge in [-0.3, -0.25) is 30.6 Å². The number of hydrogen-bond donors (Lipinski definition) is 2. The van der Waals surface area contributed by atoms with Crippen molar-refractivity contribution in [2.45, 2.75) is 13.8 Å². The molecule has 124 valence electrons. The summed E-state index contributed by atoms with van der Waals surface area (Å²) in [6.45, 7) is 3.05. The van der Waals surface area contributed by atoms with Crippen LogP contribution in [0.1, 0.15) is 27.9 Å². The number of anilines is 1. The van der Waals surface area contributed by atoms with E-state index < -0.39 is 4.92 Å². The van der Waals surface area contributed by atoms with Crippen molar-refractivity contribution in [1.29, 1.82) is 0 Å². The lowest BCUT2D eigenvalue weighted by atomic mass is 10.1. The molecule has 24 heavy (non-hydrogen) atoms. The van der Waals surface area contributed by atoms with Crippen molar-refractivity contribution in [3.8, 4) is 0 Å². The van der Waals surface area contributed by atoms with Gasteiger partial charge in [0.15, 0.2) is 5.78 Å². The van der Waals surface area contributed by atoms with E-state index in [4.69, 9.17) is 0 Å². The number of aryl methyl sites for hydroxylation is 1. The van der Waals surface area contributed by atoms with Crippen molar-refractivity contribution in [2.24, 2.45) is 0 Å². The summed E-state index contributed by atoms with van der Waals surface area (Å²) in [7, 11) is 0. The largest absolute Gasteiger partial charge is 0.288 e. The second-order valence-corrected chi connectivity index (χ2v) is 5.79. The third kappa shape index (κ3) is 4.46. The fraction of sp³-hybridized carbons (Fsp3) is 0.133. The Balaban J connectivity index is 2.08. The maximum atomic E-state index is 12.2. The molecule has 0 fully saturated rings. The number of hydrazine groups is 1. The van der Waals surface area contributed by atoms with Crippen molar-refractivity contribution in [3.05, 3.63) is 56.6 Å². The molecule has 0 spiro atoms. The molecule has 9 heteroatoms. The molecule has 0 aliphatic carbocycles. The average Bonchev–Trinajstić information content (AvgIpc) is 2.92. The van der Waals surface area contributed by atoms with Gasteiger partial charge in [0.1, 0.15) is 0 Å². The lowest BCUT2D eigenvalue weighted by Crippen LogP contribution is -2.26. The Labute approximate surface area is 141 Å². The zero-order valence-corrected chi connectivity index (χ0v) is 13.7. The Morgan fingerprint density at radius 1 is 1.29 bits per heavy atom. The highest BCUT2D eigenvalue weighted by Gasteiger charge is 2.13. The number of nitrogens with zero attached hydrogens (tertiary/aromatic N) is 2. The van der Waals surface area contributed by atoms with Gasteiger partial charge in [-0.15, -0.1) is 0 Å². The molecule has 8 nitrogen and oxygen atoms in total. The normalized spacial score (nSPS) is 10.6. The number of thiazole rings is 1. The number of nitrogens with one attached hydrogen (secondary N) is 2. The Morgan fingerprint density at radius 3 is 2.54 bits per heavy atom. The van der Waals surface area contributed by atoms with Crippen LogP contribution in [0.4, 0.5) is 10.8 Å². The van der Waals surface area contributed by atoms with E-state index in [0.29, 0.717) is 21.3 Å². The van der Waals surface area contributed by atoms with E-state index >= 15 is 0 Å². The van der Waals surface area contributed by atoms with E-state index in [0.717, 1.165) is 11.3 Å². The van der Waals surface area contributed by atoms with Gasteiger partial charge in [-0.1, -0.05) is 17.4 Å². The maximum absolute atomic E-state index is 12.2. The molecule has 1 aromatic carbocycles. The van der Waals surface area contributed by atoms with E-state index in [9.17, 15) is 19.7 Å². The first-order valence-electron chi connectivity index (χ1n) is 6.83. The van der Waals surface area contributed by atoms with Gasteiger partial charge in [-0.2, -0.15) is 0 Å². The van der Waals surface area contributed by atoms with E-state index in [2.05, 4.69) is 15.8 Å². The Hall–Kier alpha value is -3.07. The zero-order valence-electron chi connectivity index (χ0n) is 12.9. The minimum absolute atomic E-state index is 0.00883. The van der Waals surface area contributed by atoms with Gasteiger partial charge < -0.3 is 0 Å². The number of hydrogen-bond acceptors (Lipinski definition) is 7. The van der Waals surface area contributed by atoms with Crippen molar-refractivity contribution in [3.63, 3.8) is 0 Å². The lowest BCUT2D eigenvalue weighted by Gasteiger charge is -1.99. The third-order valence-corrected chi connectivity index (χ3v) is 3.98. The van der Waals surface area contributed by atoms with Gasteiger partial charge in [0, 0.05) is 19.1 Å². The van der Waals surface area contributed by atoms with Gasteiger partial charge in [-0.25, -0.2) is 4.98 Å². The van der Waals surface area contributed by atoms with Crippen molar-refractivity contribution >= 4 is 39.9 Å². The number of carbonyl (C=O) groups excluding carboxylic acids is 2. The molecule has 1 aromatic heterocycles. The number of amides is 1. The van der Waals surface area contributed by atoms with Gasteiger partial charge in [-0.05, 0) is 30.7 Å². The van der Waals surface area contributed by atoms with Gasteiger partial charge in [0.05, 0.1) is 15.5 Å². The summed E-state index contributed by atoms with van der Waals surface area (Å²) in [5.41, 5.74) is 6.22. The molecular formula is C15H14N4O4S. The third-order valence-electron chi connectivity index (χ3n) is 2.90. The fourth-order valence-corrected chi connectivity index (χ4v) is 2.61. The van der Waals surface area contributed by atoms with Crippen LogP contribution < -0.4 is 10.9 Å². The predicted molar refractivity (Wildman–Crippen MR) is 90.8 cm³/mol. The monoisotopic (exact) mass is 346 g/mol. The summed E-state index contributed by atoms with van der Waals surface area (Å²) in [5.74, 6) is -0.506. The summed E-state index contributed by atoms with van der Waals surface area (Å²) in [4.78, 5) is 37.8. The molecule has 1 heterocycles. The summed E-state index contributed by atoms with van der Waals surface area (Å²) in [6.07, 6.45) is 2.95. The quantitative estimate of drug-likeness (QED) is 0.360. The zero-order chi connectivity index (χ0) is 17.7. The number of nitro groups is 1. The number of nitro benzene ring substituents is 1. The molecule has 0 atom stereocenters. The number of allylic oxidation sites excluding steroid dienone is 1. The first kappa shape index (κ1) is 17.3. The molecule has 0 radical (unpaired) electrons. The van der Waals surface area contributed by atoms with Gasteiger partial charge >= 0.3 is 0 Å².